The second-order valence-corrected chi connectivity index (χ2v) is 5.69. The summed E-state index contributed by atoms with van der Waals surface area (Å²) in [6.45, 7) is 3.74. The van der Waals surface area contributed by atoms with Crippen molar-refractivity contribution in [1.82, 2.24) is 9.97 Å². The average Bonchev–Trinajstić information content (AvgIpc) is 2.78. The summed E-state index contributed by atoms with van der Waals surface area (Å²) in [7, 11) is 1.41. The van der Waals surface area contributed by atoms with Gasteiger partial charge in [-0.2, -0.15) is 0 Å². The minimum atomic E-state index is -0.515. The van der Waals surface area contributed by atoms with E-state index in [0.717, 1.165) is 16.2 Å². The Kier molecular flexibility index (Phi) is 3.61. The molecule has 0 radical (unpaired) electrons. The molecule has 1 heterocycles. The minimum absolute atomic E-state index is 0.203. The molecule has 0 amide bonds. The number of nitrogens with one attached hydrogen (secondary N) is 1. The highest BCUT2D eigenvalue weighted by atomic mass is 32.2. The quantitative estimate of drug-likeness (QED) is 0.681. The number of carbonyl (C=O) groups excluding carboxylic acids is 1. The number of H-pyrrole nitrogens is 1. The van der Waals surface area contributed by atoms with E-state index in [9.17, 15) is 4.79 Å². The van der Waals surface area contributed by atoms with Crippen LogP contribution >= 0.6 is 11.8 Å². The maximum atomic E-state index is 11.6. The average molecular weight is 264 g/mol. The Labute approximate surface area is 110 Å². The van der Waals surface area contributed by atoms with Crippen molar-refractivity contribution in [3.63, 3.8) is 0 Å². The van der Waals surface area contributed by atoms with Gasteiger partial charge in [0, 0.05) is 5.75 Å². The molecule has 0 saturated carbocycles. The van der Waals surface area contributed by atoms with Crippen LogP contribution in [0.1, 0.15) is 13.8 Å². The Morgan fingerprint density at radius 3 is 2.83 bits per heavy atom. The number of hydrogen-bond acceptors (Lipinski definition) is 4. The van der Waals surface area contributed by atoms with Crippen molar-refractivity contribution in [3.8, 4) is 0 Å². The molecule has 5 heteroatoms. The van der Waals surface area contributed by atoms with Gasteiger partial charge >= 0.3 is 5.97 Å². The molecule has 0 spiro atoms. The predicted octanol–water partition coefficient (Wildman–Crippen LogP) is 2.85. The van der Waals surface area contributed by atoms with Crippen LogP contribution in [0.5, 0.6) is 0 Å². The first kappa shape index (κ1) is 13.0. The topological polar surface area (TPSA) is 55.0 Å². The molecule has 18 heavy (non-hydrogen) atoms. The lowest BCUT2D eigenvalue weighted by molar-refractivity contribution is -0.149. The van der Waals surface area contributed by atoms with Crippen molar-refractivity contribution in [2.75, 3.05) is 12.9 Å². The number of esters is 1. The molecular weight excluding hydrogens is 248 g/mol. The van der Waals surface area contributed by atoms with Gasteiger partial charge in [-0.15, -0.1) is 0 Å². The van der Waals surface area contributed by atoms with E-state index < -0.39 is 5.41 Å². The zero-order valence-electron chi connectivity index (χ0n) is 10.7. The highest BCUT2D eigenvalue weighted by Crippen LogP contribution is 2.28. The zero-order chi connectivity index (χ0) is 13.2. The van der Waals surface area contributed by atoms with Gasteiger partial charge in [0.2, 0.25) is 0 Å². The van der Waals surface area contributed by atoms with Crippen LogP contribution in [-0.2, 0) is 9.53 Å². The molecule has 0 unspecified atom stereocenters. The van der Waals surface area contributed by atoms with Crippen LogP contribution in [0.15, 0.2) is 29.4 Å². The fraction of sp³-hybridized carbons (Fsp3) is 0.385. The molecule has 0 bridgehead atoms. The molecule has 0 saturated heterocycles. The maximum absolute atomic E-state index is 11.6. The first-order chi connectivity index (χ1) is 8.53. The number of rotatable bonds is 4. The van der Waals surface area contributed by atoms with Gasteiger partial charge in [-0.3, -0.25) is 4.79 Å². The zero-order valence-corrected chi connectivity index (χ0v) is 11.5. The van der Waals surface area contributed by atoms with Crippen LogP contribution in [0.4, 0.5) is 0 Å². The van der Waals surface area contributed by atoms with E-state index in [0.29, 0.717) is 5.75 Å². The standard InChI is InChI=1S/C13H16N2O2S/c1-13(2,11(16)17-3)8-18-12-14-9-6-4-5-7-10(9)15-12/h4-7H,8H2,1-3H3,(H,14,15). The van der Waals surface area contributed by atoms with Crippen molar-refractivity contribution in [2.24, 2.45) is 5.41 Å². The van der Waals surface area contributed by atoms with E-state index in [1.165, 1.54) is 18.9 Å². The first-order valence-electron chi connectivity index (χ1n) is 5.69. The molecule has 1 N–H and O–H groups in total. The first-order valence-corrected chi connectivity index (χ1v) is 6.67. The summed E-state index contributed by atoms with van der Waals surface area (Å²) in [5.41, 5.74) is 1.44. The number of imidazole rings is 1. The van der Waals surface area contributed by atoms with Crippen molar-refractivity contribution in [3.05, 3.63) is 24.3 Å². The van der Waals surface area contributed by atoms with Crippen LogP contribution in [0.3, 0.4) is 0 Å². The lowest BCUT2D eigenvalue weighted by Gasteiger charge is -2.19. The molecule has 0 aliphatic heterocycles. The van der Waals surface area contributed by atoms with Crippen LogP contribution in [-0.4, -0.2) is 28.8 Å². The summed E-state index contributed by atoms with van der Waals surface area (Å²) in [5, 5.41) is 0.827. The van der Waals surface area contributed by atoms with Gasteiger partial charge in [0.1, 0.15) is 0 Å². The molecule has 0 fully saturated rings. The van der Waals surface area contributed by atoms with E-state index in [-0.39, 0.29) is 5.97 Å². The van der Waals surface area contributed by atoms with E-state index in [1.807, 2.05) is 38.1 Å². The van der Waals surface area contributed by atoms with E-state index in [1.54, 1.807) is 0 Å². The molecule has 2 aromatic rings. The number of fused-ring (bicyclic) bond motifs is 1. The van der Waals surface area contributed by atoms with Gasteiger partial charge < -0.3 is 9.72 Å². The number of aromatic nitrogens is 2. The van der Waals surface area contributed by atoms with Crippen molar-refractivity contribution >= 4 is 28.8 Å². The summed E-state index contributed by atoms with van der Waals surface area (Å²) >= 11 is 1.53. The molecule has 1 aromatic carbocycles. The smallest absolute Gasteiger partial charge is 0.312 e. The molecule has 1 aromatic heterocycles. The maximum Gasteiger partial charge on any atom is 0.312 e. The number of benzene rings is 1. The van der Waals surface area contributed by atoms with E-state index >= 15 is 0 Å². The number of hydrogen-bond donors (Lipinski definition) is 1. The third kappa shape index (κ3) is 2.67. The number of methoxy groups -OCH3 is 1. The van der Waals surface area contributed by atoms with Crippen LogP contribution in [0.25, 0.3) is 11.0 Å². The number of nitrogens with zero attached hydrogens (tertiary/aromatic N) is 1. The van der Waals surface area contributed by atoms with Gasteiger partial charge in [-0.05, 0) is 26.0 Å². The van der Waals surface area contributed by atoms with E-state index in [2.05, 4.69) is 9.97 Å². The third-order valence-electron chi connectivity index (χ3n) is 2.68. The molecule has 0 aliphatic rings. The lowest BCUT2D eigenvalue weighted by atomic mass is 9.97. The van der Waals surface area contributed by atoms with Crippen molar-refractivity contribution in [2.45, 2.75) is 19.0 Å². The van der Waals surface area contributed by atoms with Gasteiger partial charge in [0.05, 0.1) is 23.6 Å². The van der Waals surface area contributed by atoms with Crippen molar-refractivity contribution in [1.29, 1.82) is 0 Å². The van der Waals surface area contributed by atoms with Crippen LogP contribution < -0.4 is 0 Å². The van der Waals surface area contributed by atoms with Crippen molar-refractivity contribution < 1.29 is 9.53 Å². The fourth-order valence-electron chi connectivity index (χ4n) is 1.58. The Balaban J connectivity index is 2.08. The number of aromatic amines is 1. The molecular formula is C13H16N2O2S. The predicted molar refractivity (Wildman–Crippen MR) is 72.6 cm³/mol. The van der Waals surface area contributed by atoms with E-state index in [4.69, 9.17) is 4.74 Å². The van der Waals surface area contributed by atoms with Crippen LogP contribution in [0.2, 0.25) is 0 Å². The Morgan fingerprint density at radius 1 is 1.44 bits per heavy atom. The lowest BCUT2D eigenvalue weighted by Crippen LogP contribution is -2.28. The fourth-order valence-corrected chi connectivity index (χ4v) is 2.54. The highest BCUT2D eigenvalue weighted by Gasteiger charge is 2.29. The molecule has 2 rings (SSSR count). The summed E-state index contributed by atoms with van der Waals surface area (Å²) in [4.78, 5) is 19.2. The normalized spacial score (nSPS) is 11.7. The second-order valence-electron chi connectivity index (χ2n) is 4.72. The molecule has 0 aliphatic carbocycles. The summed E-state index contributed by atoms with van der Waals surface area (Å²) in [6.07, 6.45) is 0. The van der Waals surface area contributed by atoms with Crippen LogP contribution in [0, 0.1) is 5.41 Å². The third-order valence-corrected chi connectivity index (χ3v) is 4.01. The largest absolute Gasteiger partial charge is 0.469 e. The Bertz CT molecular complexity index is 530. The number of para-hydroxylation sites is 2. The summed E-state index contributed by atoms with van der Waals surface area (Å²) in [5.74, 6) is 0.422. The number of ether oxygens (including phenoxy) is 1. The minimum Gasteiger partial charge on any atom is -0.469 e. The Hall–Kier alpha value is -1.49. The van der Waals surface area contributed by atoms with Gasteiger partial charge in [-0.25, -0.2) is 4.98 Å². The van der Waals surface area contributed by atoms with Gasteiger partial charge in [-0.1, -0.05) is 23.9 Å². The monoisotopic (exact) mass is 264 g/mol. The molecule has 0 atom stereocenters. The molecule has 96 valence electrons. The van der Waals surface area contributed by atoms with Gasteiger partial charge in [0.15, 0.2) is 5.16 Å². The SMILES string of the molecule is COC(=O)C(C)(C)CSc1nc2ccccc2[nH]1. The number of carbonyl (C=O) groups is 1. The summed E-state index contributed by atoms with van der Waals surface area (Å²) in [6, 6.07) is 7.86. The second kappa shape index (κ2) is 5.02. The Morgan fingerprint density at radius 2 is 2.17 bits per heavy atom. The van der Waals surface area contributed by atoms with Gasteiger partial charge in [0.25, 0.3) is 0 Å². The highest BCUT2D eigenvalue weighted by molar-refractivity contribution is 7.99. The summed E-state index contributed by atoms with van der Waals surface area (Å²) < 4.78 is 4.78. The molecule has 4 nitrogen and oxygen atoms in total. The number of thioether (sulfide) groups is 1.